The maximum Gasteiger partial charge on any atom is 0.319 e. The highest BCUT2D eigenvalue weighted by molar-refractivity contribution is 5.91. The molecule has 126 valence electrons. The van der Waals surface area contributed by atoms with Gasteiger partial charge in [0.1, 0.15) is 18.5 Å². The maximum atomic E-state index is 12.2. The van der Waals surface area contributed by atoms with Crippen LogP contribution in [0.2, 0.25) is 0 Å². The van der Waals surface area contributed by atoms with Crippen LogP contribution in [0.4, 0.5) is 10.5 Å². The number of nitrogens with one attached hydrogen (secondary N) is 2. The summed E-state index contributed by atoms with van der Waals surface area (Å²) >= 11 is 0. The minimum atomic E-state index is -0.309. The Labute approximate surface area is 136 Å². The highest BCUT2D eigenvalue weighted by Crippen LogP contribution is 2.24. The van der Waals surface area contributed by atoms with Crippen molar-refractivity contribution in [3.63, 3.8) is 0 Å². The Morgan fingerprint density at radius 3 is 2.91 bits per heavy atom. The number of ether oxygens (including phenoxy) is 3. The third-order valence-corrected chi connectivity index (χ3v) is 3.33. The molecule has 0 spiro atoms. The van der Waals surface area contributed by atoms with Gasteiger partial charge < -0.3 is 24.8 Å². The molecule has 2 rings (SSSR count). The van der Waals surface area contributed by atoms with E-state index in [9.17, 15) is 4.79 Å². The molecule has 2 N–H and O–H groups in total. The number of para-hydroxylation sites is 2. The Morgan fingerprint density at radius 2 is 2.17 bits per heavy atom. The number of benzene rings is 1. The van der Waals surface area contributed by atoms with Gasteiger partial charge in [-0.2, -0.15) is 0 Å². The lowest BCUT2D eigenvalue weighted by atomic mass is 10.2. The molecule has 2 amide bonds. The number of hydrogen-bond acceptors (Lipinski definition) is 4. The van der Waals surface area contributed by atoms with Gasteiger partial charge in [0.05, 0.1) is 24.9 Å². The number of hydrogen-bond donors (Lipinski definition) is 2. The van der Waals surface area contributed by atoms with Crippen molar-refractivity contribution in [2.24, 2.45) is 0 Å². The SMILES string of the molecule is C=C(C)COc1ccccc1NC(=O)N[C@H]1COC[C@@H]1OCC. The van der Waals surface area contributed by atoms with Gasteiger partial charge in [0.15, 0.2) is 0 Å². The molecule has 0 unspecified atom stereocenters. The molecule has 23 heavy (non-hydrogen) atoms. The molecule has 1 aliphatic heterocycles. The molecule has 1 aromatic carbocycles. The first-order chi connectivity index (χ1) is 11.1. The topological polar surface area (TPSA) is 68.8 Å². The first-order valence-corrected chi connectivity index (χ1v) is 7.73. The lowest BCUT2D eigenvalue weighted by Gasteiger charge is -2.19. The van der Waals surface area contributed by atoms with Crippen molar-refractivity contribution in [2.75, 3.05) is 31.7 Å². The molecule has 1 aromatic rings. The lowest BCUT2D eigenvalue weighted by molar-refractivity contribution is 0.0428. The Bertz CT molecular complexity index is 547. The Kier molecular flexibility index (Phi) is 6.43. The van der Waals surface area contributed by atoms with E-state index in [1.165, 1.54) is 0 Å². The molecule has 6 heteroatoms. The third-order valence-electron chi connectivity index (χ3n) is 3.33. The fourth-order valence-electron chi connectivity index (χ4n) is 2.27. The van der Waals surface area contributed by atoms with Gasteiger partial charge in [0, 0.05) is 6.61 Å². The normalized spacial score (nSPS) is 20.1. The quantitative estimate of drug-likeness (QED) is 0.758. The summed E-state index contributed by atoms with van der Waals surface area (Å²) in [5.74, 6) is 0.606. The highest BCUT2D eigenvalue weighted by atomic mass is 16.5. The summed E-state index contributed by atoms with van der Waals surface area (Å²) in [6, 6.07) is 6.83. The van der Waals surface area contributed by atoms with Crippen molar-refractivity contribution >= 4 is 11.7 Å². The van der Waals surface area contributed by atoms with E-state index in [-0.39, 0.29) is 18.2 Å². The number of urea groups is 1. The zero-order chi connectivity index (χ0) is 16.7. The molecule has 6 nitrogen and oxygen atoms in total. The van der Waals surface area contributed by atoms with Gasteiger partial charge in [-0.05, 0) is 31.6 Å². The largest absolute Gasteiger partial charge is 0.487 e. The molecular weight excluding hydrogens is 296 g/mol. The van der Waals surface area contributed by atoms with Crippen LogP contribution < -0.4 is 15.4 Å². The molecule has 0 bridgehead atoms. The second kappa shape index (κ2) is 8.55. The van der Waals surface area contributed by atoms with E-state index in [1.54, 1.807) is 12.1 Å². The molecule has 0 aliphatic carbocycles. The van der Waals surface area contributed by atoms with Crippen molar-refractivity contribution < 1.29 is 19.0 Å². The second-order valence-corrected chi connectivity index (χ2v) is 5.48. The van der Waals surface area contributed by atoms with Crippen molar-refractivity contribution in [3.8, 4) is 5.75 Å². The minimum absolute atomic E-state index is 0.111. The smallest absolute Gasteiger partial charge is 0.319 e. The van der Waals surface area contributed by atoms with Gasteiger partial charge in [-0.3, -0.25) is 0 Å². The minimum Gasteiger partial charge on any atom is -0.487 e. The predicted molar refractivity (Wildman–Crippen MR) is 88.9 cm³/mol. The van der Waals surface area contributed by atoms with Crippen LogP contribution in [0, 0.1) is 0 Å². The zero-order valence-electron chi connectivity index (χ0n) is 13.6. The average molecular weight is 320 g/mol. The van der Waals surface area contributed by atoms with Crippen molar-refractivity contribution in [1.29, 1.82) is 0 Å². The predicted octanol–water partition coefficient (Wildman–Crippen LogP) is 2.57. The highest BCUT2D eigenvalue weighted by Gasteiger charge is 2.30. The summed E-state index contributed by atoms with van der Waals surface area (Å²) in [4.78, 5) is 12.2. The van der Waals surface area contributed by atoms with E-state index < -0.39 is 0 Å². The second-order valence-electron chi connectivity index (χ2n) is 5.48. The van der Waals surface area contributed by atoms with Crippen molar-refractivity contribution in [1.82, 2.24) is 5.32 Å². The summed E-state index contributed by atoms with van der Waals surface area (Å²) in [6.07, 6.45) is -0.111. The first kappa shape index (κ1) is 17.3. The number of carbonyl (C=O) groups excluding carboxylic acids is 1. The van der Waals surface area contributed by atoms with Gasteiger partial charge in [0.25, 0.3) is 0 Å². The van der Waals surface area contributed by atoms with Crippen LogP contribution in [0.15, 0.2) is 36.4 Å². The van der Waals surface area contributed by atoms with Gasteiger partial charge in [-0.15, -0.1) is 0 Å². The fraction of sp³-hybridized carbons (Fsp3) is 0.471. The molecule has 1 aliphatic rings. The van der Waals surface area contributed by atoms with Crippen LogP contribution in [-0.2, 0) is 9.47 Å². The van der Waals surface area contributed by atoms with Gasteiger partial charge in [-0.1, -0.05) is 18.7 Å². The fourth-order valence-corrected chi connectivity index (χ4v) is 2.27. The summed E-state index contributed by atoms with van der Waals surface area (Å²) in [7, 11) is 0. The van der Waals surface area contributed by atoms with E-state index >= 15 is 0 Å². The number of carbonyl (C=O) groups is 1. The van der Waals surface area contributed by atoms with Gasteiger partial charge >= 0.3 is 6.03 Å². The number of rotatable bonds is 7. The van der Waals surface area contributed by atoms with Crippen LogP contribution in [0.5, 0.6) is 5.75 Å². The van der Waals surface area contributed by atoms with Crippen LogP contribution in [-0.4, -0.2) is 44.6 Å². The van der Waals surface area contributed by atoms with Crippen LogP contribution in [0.3, 0.4) is 0 Å². The number of amides is 2. The Balaban J connectivity index is 1.93. The lowest BCUT2D eigenvalue weighted by Crippen LogP contribution is -2.45. The van der Waals surface area contributed by atoms with E-state index in [4.69, 9.17) is 14.2 Å². The Morgan fingerprint density at radius 1 is 1.39 bits per heavy atom. The van der Waals surface area contributed by atoms with E-state index in [0.717, 1.165) is 5.57 Å². The monoisotopic (exact) mass is 320 g/mol. The van der Waals surface area contributed by atoms with Crippen LogP contribution in [0.25, 0.3) is 0 Å². The Hall–Kier alpha value is -2.05. The van der Waals surface area contributed by atoms with Gasteiger partial charge in [-0.25, -0.2) is 4.79 Å². The molecular formula is C17H24N2O4. The molecule has 0 aromatic heterocycles. The molecule has 0 radical (unpaired) electrons. The molecule has 1 heterocycles. The molecule has 1 saturated heterocycles. The maximum absolute atomic E-state index is 12.2. The van der Waals surface area contributed by atoms with Gasteiger partial charge in [0.2, 0.25) is 0 Å². The van der Waals surface area contributed by atoms with Crippen LogP contribution in [0.1, 0.15) is 13.8 Å². The number of anilines is 1. The summed E-state index contributed by atoms with van der Waals surface area (Å²) in [5.41, 5.74) is 1.52. The zero-order valence-corrected chi connectivity index (χ0v) is 13.6. The summed E-state index contributed by atoms with van der Waals surface area (Å²) in [5, 5.41) is 5.69. The van der Waals surface area contributed by atoms with Crippen molar-refractivity contribution in [2.45, 2.75) is 26.0 Å². The molecule has 2 atom stereocenters. The van der Waals surface area contributed by atoms with E-state index in [2.05, 4.69) is 17.2 Å². The van der Waals surface area contributed by atoms with E-state index in [0.29, 0.717) is 37.9 Å². The van der Waals surface area contributed by atoms with Crippen molar-refractivity contribution in [3.05, 3.63) is 36.4 Å². The van der Waals surface area contributed by atoms with Crippen LogP contribution >= 0.6 is 0 Å². The summed E-state index contributed by atoms with van der Waals surface area (Å²) < 4.78 is 16.6. The third kappa shape index (κ3) is 5.26. The molecule has 0 saturated carbocycles. The first-order valence-electron chi connectivity index (χ1n) is 7.73. The van der Waals surface area contributed by atoms with E-state index in [1.807, 2.05) is 26.0 Å². The summed E-state index contributed by atoms with van der Waals surface area (Å²) in [6.45, 7) is 9.55. The molecule has 1 fully saturated rings. The standard InChI is InChI=1S/C17H24N2O4/c1-4-22-16-11-21-10-14(16)19-17(20)18-13-7-5-6-8-15(13)23-9-12(2)3/h5-8,14,16H,2,4,9-11H2,1,3H3,(H2,18,19,20)/t14-,16-/m0/s1. The average Bonchev–Trinajstić information content (AvgIpc) is 2.93.